The molecule has 0 radical (unpaired) electrons. The predicted octanol–water partition coefficient (Wildman–Crippen LogP) is 2.72. The fraction of sp³-hybridized carbons (Fsp3) is 0. The van der Waals surface area contributed by atoms with Crippen molar-refractivity contribution in [3.05, 3.63) is 58.1 Å². The van der Waals surface area contributed by atoms with E-state index in [0.717, 1.165) is 5.56 Å². The van der Waals surface area contributed by atoms with Crippen molar-refractivity contribution in [1.82, 2.24) is 0 Å². The van der Waals surface area contributed by atoms with Gasteiger partial charge in [-0.1, -0.05) is 18.2 Å². The van der Waals surface area contributed by atoms with Crippen LogP contribution in [0, 0.1) is 21.4 Å². The van der Waals surface area contributed by atoms with Crippen molar-refractivity contribution in [2.45, 2.75) is 0 Å². The van der Waals surface area contributed by atoms with Crippen LogP contribution in [0.15, 0.2) is 42.5 Å². The summed E-state index contributed by atoms with van der Waals surface area (Å²) in [5.41, 5.74) is 7.44. The maximum Gasteiger partial charge on any atom is 0.292 e. The van der Waals surface area contributed by atoms with E-state index in [0.29, 0.717) is 11.1 Å². The van der Waals surface area contributed by atoms with Crippen LogP contribution in [0.25, 0.3) is 11.1 Å². The van der Waals surface area contributed by atoms with Gasteiger partial charge in [0, 0.05) is 6.07 Å². The molecule has 0 aliphatic heterocycles. The fourth-order valence-electron chi connectivity index (χ4n) is 1.65. The first-order valence-electron chi connectivity index (χ1n) is 5.16. The van der Waals surface area contributed by atoms with Crippen molar-refractivity contribution in [2.24, 2.45) is 0 Å². The molecule has 5 nitrogen and oxygen atoms in total. The molecular formula is C13H9N3O2. The number of nitriles is 1. The van der Waals surface area contributed by atoms with E-state index < -0.39 is 4.92 Å². The van der Waals surface area contributed by atoms with E-state index in [9.17, 15) is 10.1 Å². The Hall–Kier alpha value is -2.87. The van der Waals surface area contributed by atoms with Crippen LogP contribution in [0.3, 0.4) is 0 Å². The maximum absolute atomic E-state index is 10.8. The van der Waals surface area contributed by atoms with Gasteiger partial charge in [0.15, 0.2) is 0 Å². The Morgan fingerprint density at radius 2 is 1.89 bits per heavy atom. The highest BCUT2D eigenvalue weighted by Crippen LogP contribution is 2.28. The van der Waals surface area contributed by atoms with Crippen LogP contribution in [0.5, 0.6) is 0 Å². The number of nitrogens with zero attached hydrogens (tertiary/aromatic N) is 2. The molecule has 2 aromatic rings. The number of anilines is 1. The topological polar surface area (TPSA) is 93.0 Å². The highest BCUT2D eigenvalue weighted by Gasteiger charge is 2.12. The van der Waals surface area contributed by atoms with Gasteiger partial charge in [-0.3, -0.25) is 10.1 Å². The van der Waals surface area contributed by atoms with E-state index in [2.05, 4.69) is 0 Å². The molecule has 2 aromatic carbocycles. The monoisotopic (exact) mass is 239 g/mol. The number of rotatable bonds is 2. The largest absolute Gasteiger partial charge is 0.393 e. The summed E-state index contributed by atoms with van der Waals surface area (Å²) < 4.78 is 0. The normalized spacial score (nSPS) is 9.72. The minimum absolute atomic E-state index is 0.125. The molecule has 0 saturated heterocycles. The van der Waals surface area contributed by atoms with Gasteiger partial charge in [-0.15, -0.1) is 0 Å². The number of nitro groups is 1. The quantitative estimate of drug-likeness (QED) is 0.495. The number of nitrogens with two attached hydrogens (primary N) is 1. The summed E-state index contributed by atoms with van der Waals surface area (Å²) in [5.74, 6) is 0. The lowest BCUT2D eigenvalue weighted by Crippen LogP contribution is -1.95. The summed E-state index contributed by atoms with van der Waals surface area (Å²) in [7, 11) is 0. The predicted molar refractivity (Wildman–Crippen MR) is 67.7 cm³/mol. The lowest BCUT2D eigenvalue weighted by molar-refractivity contribution is -0.383. The summed E-state index contributed by atoms with van der Waals surface area (Å²) in [4.78, 5) is 10.3. The zero-order valence-corrected chi connectivity index (χ0v) is 9.33. The molecule has 2 rings (SSSR count). The van der Waals surface area contributed by atoms with Gasteiger partial charge >= 0.3 is 0 Å². The molecule has 0 bridgehead atoms. The summed E-state index contributed by atoms with van der Waals surface area (Å²) >= 11 is 0. The molecule has 0 amide bonds. The first kappa shape index (κ1) is 11.6. The Morgan fingerprint density at radius 1 is 1.17 bits per heavy atom. The summed E-state index contributed by atoms with van der Waals surface area (Å²) in [5, 5.41) is 19.6. The summed E-state index contributed by atoms with van der Waals surface area (Å²) in [6.07, 6.45) is 0. The fourth-order valence-corrected chi connectivity index (χ4v) is 1.65. The molecule has 0 heterocycles. The molecule has 18 heavy (non-hydrogen) atoms. The van der Waals surface area contributed by atoms with Gasteiger partial charge in [-0.05, 0) is 29.3 Å². The number of hydrogen-bond acceptors (Lipinski definition) is 4. The standard InChI is InChI=1S/C13H9N3O2/c14-8-9-2-1-3-10(6-9)11-4-5-12(15)13(7-11)16(17)18/h1-7H,15H2. The van der Waals surface area contributed by atoms with Crippen LogP contribution in [0.2, 0.25) is 0 Å². The molecule has 0 unspecified atom stereocenters. The number of nitrogen functional groups attached to an aromatic ring is 1. The van der Waals surface area contributed by atoms with Crippen LogP contribution >= 0.6 is 0 Å². The van der Waals surface area contributed by atoms with Crippen molar-refractivity contribution < 1.29 is 4.92 Å². The van der Waals surface area contributed by atoms with Gasteiger partial charge in [-0.2, -0.15) is 5.26 Å². The number of hydrogen-bond donors (Lipinski definition) is 1. The summed E-state index contributed by atoms with van der Waals surface area (Å²) in [6.45, 7) is 0. The van der Waals surface area contributed by atoms with Crippen molar-refractivity contribution in [3.63, 3.8) is 0 Å². The Labute approximate surface area is 103 Å². The number of benzene rings is 2. The SMILES string of the molecule is N#Cc1cccc(-c2ccc(N)c([N+](=O)[O-])c2)c1. The minimum Gasteiger partial charge on any atom is -0.393 e. The number of nitro benzene ring substituents is 1. The van der Waals surface area contributed by atoms with E-state index in [1.807, 2.05) is 6.07 Å². The van der Waals surface area contributed by atoms with Crippen LogP contribution < -0.4 is 5.73 Å². The smallest absolute Gasteiger partial charge is 0.292 e. The zero-order valence-electron chi connectivity index (χ0n) is 9.33. The Kier molecular flexibility index (Phi) is 2.94. The van der Waals surface area contributed by atoms with E-state index in [-0.39, 0.29) is 11.4 Å². The Morgan fingerprint density at radius 3 is 2.56 bits per heavy atom. The van der Waals surface area contributed by atoms with E-state index >= 15 is 0 Å². The molecule has 88 valence electrons. The second-order valence-electron chi connectivity index (χ2n) is 3.72. The van der Waals surface area contributed by atoms with Crippen LogP contribution in [-0.4, -0.2) is 4.92 Å². The third-order valence-corrected chi connectivity index (χ3v) is 2.55. The first-order valence-corrected chi connectivity index (χ1v) is 5.16. The average Bonchev–Trinajstić information content (AvgIpc) is 2.39. The first-order chi connectivity index (χ1) is 8.61. The molecule has 0 aliphatic carbocycles. The van der Waals surface area contributed by atoms with Crippen LogP contribution in [0.1, 0.15) is 5.56 Å². The van der Waals surface area contributed by atoms with Crippen molar-refractivity contribution in [2.75, 3.05) is 5.73 Å². The van der Waals surface area contributed by atoms with Crippen LogP contribution in [-0.2, 0) is 0 Å². The van der Waals surface area contributed by atoms with Gasteiger partial charge in [-0.25, -0.2) is 0 Å². The van der Waals surface area contributed by atoms with Gasteiger partial charge in [0.05, 0.1) is 16.6 Å². The molecule has 0 atom stereocenters. The molecule has 0 spiro atoms. The van der Waals surface area contributed by atoms with Gasteiger partial charge < -0.3 is 5.73 Å². The average molecular weight is 239 g/mol. The molecule has 5 heteroatoms. The van der Waals surface area contributed by atoms with E-state index in [1.54, 1.807) is 30.3 Å². The lowest BCUT2D eigenvalue weighted by atomic mass is 10.0. The third-order valence-electron chi connectivity index (χ3n) is 2.55. The molecule has 0 fully saturated rings. The van der Waals surface area contributed by atoms with Crippen molar-refractivity contribution in [1.29, 1.82) is 5.26 Å². The third kappa shape index (κ3) is 2.13. The maximum atomic E-state index is 10.8. The van der Waals surface area contributed by atoms with E-state index in [4.69, 9.17) is 11.0 Å². The summed E-state index contributed by atoms with van der Waals surface area (Å²) in [6, 6.07) is 13.5. The van der Waals surface area contributed by atoms with Crippen LogP contribution in [0.4, 0.5) is 11.4 Å². The zero-order chi connectivity index (χ0) is 13.1. The second-order valence-corrected chi connectivity index (χ2v) is 3.72. The van der Waals surface area contributed by atoms with Gasteiger partial charge in [0.25, 0.3) is 5.69 Å². The van der Waals surface area contributed by atoms with Crippen molar-refractivity contribution >= 4 is 11.4 Å². The van der Waals surface area contributed by atoms with E-state index in [1.165, 1.54) is 12.1 Å². The highest BCUT2D eigenvalue weighted by atomic mass is 16.6. The lowest BCUT2D eigenvalue weighted by Gasteiger charge is -2.03. The highest BCUT2D eigenvalue weighted by molar-refractivity contribution is 5.72. The van der Waals surface area contributed by atoms with Gasteiger partial charge in [0.1, 0.15) is 5.69 Å². The molecule has 0 aromatic heterocycles. The second kappa shape index (κ2) is 4.55. The molecule has 0 aliphatic rings. The molecule has 0 saturated carbocycles. The Bertz CT molecular complexity index is 660. The minimum atomic E-state index is -0.521. The Balaban J connectivity index is 2.54. The van der Waals surface area contributed by atoms with Gasteiger partial charge in [0.2, 0.25) is 0 Å². The molecular weight excluding hydrogens is 230 g/mol. The molecule has 2 N–H and O–H groups in total. The van der Waals surface area contributed by atoms with Crippen molar-refractivity contribution in [3.8, 4) is 17.2 Å².